The molecule has 106 valence electrons. The molecule has 0 aliphatic heterocycles. The molecule has 0 heterocycles. The predicted octanol–water partition coefficient (Wildman–Crippen LogP) is 3.12. The molecule has 0 aromatic rings. The first-order chi connectivity index (χ1) is 7.83. The summed E-state index contributed by atoms with van der Waals surface area (Å²) in [6.07, 6.45) is -0.539. The number of amides is 1. The smallest absolute Gasteiger partial charge is 0.408 e. The van der Waals surface area contributed by atoms with Gasteiger partial charge in [-0.3, -0.25) is 4.79 Å². The summed E-state index contributed by atoms with van der Waals surface area (Å²) in [6.45, 7) is 12.4. The third-order valence-electron chi connectivity index (χ3n) is 3.19. The monoisotopic (exact) mass is 277 g/mol. The van der Waals surface area contributed by atoms with E-state index in [-0.39, 0.29) is 11.7 Å². The van der Waals surface area contributed by atoms with Crippen molar-refractivity contribution in [3.8, 4) is 0 Å². The maximum Gasteiger partial charge on any atom is 0.408 e. The van der Waals surface area contributed by atoms with E-state index < -0.39 is 22.6 Å². The Hall–Kier alpha value is -0.770. The standard InChI is InChI=1S/C13H24ClNO3/c1-11(2,3)18-10(17)15-13(6,7)12(4,5)9(16)8-14/h8H2,1-7H3,(H,15,17). The molecule has 1 N–H and O–H groups in total. The van der Waals surface area contributed by atoms with Gasteiger partial charge in [0.25, 0.3) is 0 Å². The van der Waals surface area contributed by atoms with Crippen molar-refractivity contribution in [3.05, 3.63) is 0 Å². The van der Waals surface area contributed by atoms with E-state index in [0.717, 1.165) is 0 Å². The average Bonchev–Trinajstić information content (AvgIpc) is 2.11. The highest BCUT2D eigenvalue weighted by Crippen LogP contribution is 2.32. The quantitative estimate of drug-likeness (QED) is 0.803. The summed E-state index contributed by atoms with van der Waals surface area (Å²) >= 11 is 5.59. The van der Waals surface area contributed by atoms with Crippen LogP contribution in [0, 0.1) is 5.41 Å². The molecule has 0 aliphatic carbocycles. The Kier molecular flexibility index (Phi) is 5.24. The van der Waals surface area contributed by atoms with E-state index in [1.807, 2.05) is 0 Å². The molecule has 0 aliphatic rings. The lowest BCUT2D eigenvalue weighted by Gasteiger charge is -2.40. The van der Waals surface area contributed by atoms with Crippen LogP contribution in [0.1, 0.15) is 48.5 Å². The molecule has 0 unspecified atom stereocenters. The third kappa shape index (κ3) is 4.48. The van der Waals surface area contributed by atoms with Gasteiger partial charge in [-0.25, -0.2) is 4.79 Å². The van der Waals surface area contributed by atoms with Gasteiger partial charge in [0.2, 0.25) is 0 Å². The first-order valence-corrected chi connectivity index (χ1v) is 6.47. The summed E-state index contributed by atoms with van der Waals surface area (Å²) in [5.41, 5.74) is -2.09. The van der Waals surface area contributed by atoms with Crippen molar-refractivity contribution in [2.24, 2.45) is 5.41 Å². The molecule has 0 aromatic carbocycles. The van der Waals surface area contributed by atoms with Crippen LogP contribution >= 0.6 is 11.6 Å². The SMILES string of the molecule is CC(C)(C)OC(=O)NC(C)(C)C(C)(C)C(=O)CCl. The van der Waals surface area contributed by atoms with E-state index in [9.17, 15) is 9.59 Å². The molecule has 0 saturated heterocycles. The zero-order valence-electron chi connectivity index (χ0n) is 12.3. The van der Waals surface area contributed by atoms with Crippen LogP contribution in [-0.2, 0) is 9.53 Å². The summed E-state index contributed by atoms with van der Waals surface area (Å²) in [5.74, 6) is -0.197. The molecule has 0 bridgehead atoms. The van der Waals surface area contributed by atoms with Crippen LogP contribution in [0.5, 0.6) is 0 Å². The van der Waals surface area contributed by atoms with Gasteiger partial charge in [-0.2, -0.15) is 0 Å². The summed E-state index contributed by atoms with van der Waals surface area (Å²) in [4.78, 5) is 23.6. The van der Waals surface area contributed by atoms with Crippen molar-refractivity contribution >= 4 is 23.5 Å². The van der Waals surface area contributed by atoms with Crippen molar-refractivity contribution in [2.45, 2.75) is 59.6 Å². The number of carbonyl (C=O) groups excluding carboxylic acids is 2. The molecule has 18 heavy (non-hydrogen) atoms. The van der Waals surface area contributed by atoms with Crippen molar-refractivity contribution in [1.82, 2.24) is 5.32 Å². The summed E-state index contributed by atoms with van der Waals surface area (Å²) in [7, 11) is 0. The number of ether oxygens (including phenoxy) is 1. The van der Waals surface area contributed by atoms with Crippen molar-refractivity contribution in [3.63, 3.8) is 0 Å². The zero-order valence-corrected chi connectivity index (χ0v) is 13.1. The molecular weight excluding hydrogens is 254 g/mol. The number of ketones is 1. The second-order valence-corrected chi connectivity index (χ2v) is 6.70. The van der Waals surface area contributed by atoms with Gasteiger partial charge in [0.05, 0.1) is 5.88 Å². The van der Waals surface area contributed by atoms with Crippen LogP contribution in [0.2, 0.25) is 0 Å². The molecule has 0 atom stereocenters. The van der Waals surface area contributed by atoms with E-state index in [4.69, 9.17) is 16.3 Å². The summed E-state index contributed by atoms with van der Waals surface area (Å²) in [5, 5.41) is 2.73. The van der Waals surface area contributed by atoms with Gasteiger partial charge in [-0.15, -0.1) is 11.6 Å². The van der Waals surface area contributed by atoms with E-state index in [2.05, 4.69) is 5.32 Å². The van der Waals surface area contributed by atoms with Gasteiger partial charge in [0.1, 0.15) is 5.60 Å². The number of carbonyl (C=O) groups is 2. The summed E-state index contributed by atoms with van der Waals surface area (Å²) in [6, 6.07) is 0. The van der Waals surface area contributed by atoms with Crippen LogP contribution in [0.4, 0.5) is 4.79 Å². The van der Waals surface area contributed by atoms with Crippen LogP contribution in [0.15, 0.2) is 0 Å². The number of hydrogen-bond acceptors (Lipinski definition) is 3. The zero-order chi connectivity index (χ0) is 14.8. The highest BCUT2D eigenvalue weighted by Gasteiger charge is 2.44. The van der Waals surface area contributed by atoms with Gasteiger partial charge < -0.3 is 10.1 Å². The molecule has 4 nitrogen and oxygen atoms in total. The van der Waals surface area contributed by atoms with Crippen LogP contribution < -0.4 is 5.32 Å². The molecular formula is C13H24ClNO3. The number of Topliss-reactive ketones (excluding diaryl/α,β-unsaturated/α-hetero) is 1. The molecule has 1 amide bonds. The molecule has 0 fully saturated rings. The Labute approximate surface area is 114 Å². The van der Waals surface area contributed by atoms with Gasteiger partial charge in [-0.1, -0.05) is 13.8 Å². The normalized spacial score (nSPS) is 13.1. The number of nitrogens with one attached hydrogen (secondary N) is 1. The molecule has 0 saturated carbocycles. The predicted molar refractivity (Wildman–Crippen MR) is 73.0 cm³/mol. The fourth-order valence-corrected chi connectivity index (χ4v) is 1.56. The van der Waals surface area contributed by atoms with Gasteiger partial charge in [-0.05, 0) is 34.6 Å². The number of rotatable bonds is 4. The first-order valence-electron chi connectivity index (χ1n) is 5.94. The number of hydrogen-bond donors (Lipinski definition) is 1. The second kappa shape index (κ2) is 5.47. The lowest BCUT2D eigenvalue weighted by Crippen LogP contribution is -2.58. The van der Waals surface area contributed by atoms with Crippen LogP contribution in [0.3, 0.4) is 0 Å². The lowest BCUT2D eigenvalue weighted by atomic mass is 9.72. The van der Waals surface area contributed by atoms with E-state index in [1.165, 1.54) is 0 Å². The maximum absolute atomic E-state index is 11.8. The minimum Gasteiger partial charge on any atom is -0.444 e. The fraction of sp³-hybridized carbons (Fsp3) is 0.846. The first kappa shape index (κ1) is 17.2. The lowest BCUT2D eigenvalue weighted by molar-refractivity contribution is -0.128. The van der Waals surface area contributed by atoms with Crippen LogP contribution in [0.25, 0.3) is 0 Å². The van der Waals surface area contributed by atoms with E-state index in [1.54, 1.807) is 48.5 Å². The Bertz CT molecular complexity index is 330. The Morgan fingerprint density at radius 3 is 1.83 bits per heavy atom. The third-order valence-corrected chi connectivity index (χ3v) is 3.44. The topological polar surface area (TPSA) is 55.4 Å². The van der Waals surface area contributed by atoms with Crippen LogP contribution in [-0.4, -0.2) is 28.9 Å². The van der Waals surface area contributed by atoms with Gasteiger partial charge in [0.15, 0.2) is 5.78 Å². The summed E-state index contributed by atoms with van der Waals surface area (Å²) < 4.78 is 5.19. The van der Waals surface area contributed by atoms with E-state index in [0.29, 0.717) is 0 Å². The van der Waals surface area contributed by atoms with E-state index >= 15 is 0 Å². The second-order valence-electron chi connectivity index (χ2n) is 6.43. The number of alkyl halides is 1. The Balaban J connectivity index is 4.85. The Morgan fingerprint density at radius 1 is 1.06 bits per heavy atom. The Morgan fingerprint density at radius 2 is 1.50 bits per heavy atom. The number of halogens is 1. The molecule has 0 aromatic heterocycles. The van der Waals surface area contributed by atoms with Crippen molar-refractivity contribution in [1.29, 1.82) is 0 Å². The minimum absolute atomic E-state index is 0.0770. The average molecular weight is 278 g/mol. The van der Waals surface area contributed by atoms with Gasteiger partial charge >= 0.3 is 6.09 Å². The molecule has 0 rings (SSSR count). The highest BCUT2D eigenvalue weighted by molar-refractivity contribution is 6.28. The van der Waals surface area contributed by atoms with Crippen molar-refractivity contribution < 1.29 is 14.3 Å². The maximum atomic E-state index is 11.8. The highest BCUT2D eigenvalue weighted by atomic mass is 35.5. The molecule has 0 spiro atoms. The largest absolute Gasteiger partial charge is 0.444 e. The molecule has 0 radical (unpaired) electrons. The van der Waals surface area contributed by atoms with Gasteiger partial charge in [0, 0.05) is 11.0 Å². The van der Waals surface area contributed by atoms with Crippen molar-refractivity contribution in [2.75, 3.05) is 5.88 Å². The minimum atomic E-state index is -0.772. The number of alkyl carbamates (subject to hydrolysis) is 1. The fourth-order valence-electron chi connectivity index (χ4n) is 1.23. The molecule has 5 heteroatoms.